The third-order valence-electron chi connectivity index (χ3n) is 5.19. The molecule has 1 aromatic carbocycles. The number of carbonyl (C=O) groups is 2. The second-order valence-electron chi connectivity index (χ2n) is 7.57. The molecular weight excluding hydrogens is 373 g/mol. The molecule has 1 saturated carbocycles. The number of halogens is 1. The maximum absolute atomic E-state index is 13.4. The first kappa shape index (κ1) is 20.9. The van der Waals surface area contributed by atoms with Crippen LogP contribution in [0.25, 0.3) is 11.3 Å². The summed E-state index contributed by atoms with van der Waals surface area (Å²) < 4.78 is 13.4. The molecule has 3 rings (SSSR count). The maximum Gasteiger partial charge on any atom is 0.253 e. The molecule has 154 valence electrons. The van der Waals surface area contributed by atoms with Crippen molar-refractivity contribution < 1.29 is 19.1 Å². The van der Waals surface area contributed by atoms with Gasteiger partial charge in [0.1, 0.15) is 5.82 Å². The van der Waals surface area contributed by atoms with E-state index in [1.807, 2.05) is 0 Å². The van der Waals surface area contributed by atoms with Crippen molar-refractivity contribution in [1.29, 1.82) is 0 Å². The fraction of sp³-hybridized carbons (Fsp3) is 0.409. The van der Waals surface area contributed by atoms with E-state index in [4.69, 9.17) is 5.11 Å². The van der Waals surface area contributed by atoms with Crippen LogP contribution >= 0.6 is 0 Å². The van der Waals surface area contributed by atoms with E-state index in [1.54, 1.807) is 31.2 Å². The molecule has 1 fully saturated rings. The second-order valence-corrected chi connectivity index (χ2v) is 7.57. The molecule has 2 aromatic rings. The van der Waals surface area contributed by atoms with Crippen LogP contribution in [0.3, 0.4) is 0 Å². The minimum absolute atomic E-state index is 0.0772. The highest BCUT2D eigenvalue weighted by Gasteiger charge is 2.28. The lowest BCUT2D eigenvalue weighted by atomic mass is 9.85. The van der Waals surface area contributed by atoms with Crippen molar-refractivity contribution in [1.82, 2.24) is 15.6 Å². The Labute approximate surface area is 169 Å². The third kappa shape index (κ3) is 5.60. The van der Waals surface area contributed by atoms with Gasteiger partial charge in [-0.05, 0) is 50.5 Å². The van der Waals surface area contributed by atoms with E-state index in [0.29, 0.717) is 23.2 Å². The summed E-state index contributed by atoms with van der Waals surface area (Å²) in [6.45, 7) is 1.65. The van der Waals surface area contributed by atoms with Crippen molar-refractivity contribution in [2.75, 3.05) is 6.61 Å². The van der Waals surface area contributed by atoms with Gasteiger partial charge in [-0.25, -0.2) is 4.39 Å². The van der Waals surface area contributed by atoms with E-state index in [0.717, 1.165) is 19.3 Å². The number of nitrogens with one attached hydrogen (secondary N) is 2. The average molecular weight is 399 g/mol. The molecule has 0 bridgehead atoms. The molecule has 0 radical (unpaired) electrons. The van der Waals surface area contributed by atoms with Crippen molar-refractivity contribution in [2.45, 2.75) is 44.7 Å². The lowest BCUT2D eigenvalue weighted by molar-refractivity contribution is -0.127. The maximum atomic E-state index is 13.4. The Morgan fingerprint density at radius 2 is 2.10 bits per heavy atom. The molecule has 29 heavy (non-hydrogen) atoms. The summed E-state index contributed by atoms with van der Waals surface area (Å²) in [7, 11) is 0. The average Bonchev–Trinajstić information content (AvgIpc) is 2.74. The van der Waals surface area contributed by atoms with E-state index >= 15 is 0 Å². The van der Waals surface area contributed by atoms with Crippen molar-refractivity contribution in [3.63, 3.8) is 0 Å². The monoisotopic (exact) mass is 399 g/mol. The van der Waals surface area contributed by atoms with Crippen molar-refractivity contribution in [2.24, 2.45) is 5.92 Å². The zero-order chi connectivity index (χ0) is 20.8. The smallest absolute Gasteiger partial charge is 0.253 e. The van der Waals surface area contributed by atoms with Crippen LogP contribution in [0.2, 0.25) is 0 Å². The third-order valence-corrected chi connectivity index (χ3v) is 5.19. The van der Waals surface area contributed by atoms with E-state index in [9.17, 15) is 14.0 Å². The van der Waals surface area contributed by atoms with Crippen LogP contribution in [0.15, 0.2) is 42.6 Å². The SMILES string of the molecule is C[C@@H](CO)NC(=O)C1CCCC(NC(=O)c2ccc(-c3cccc(F)c3)nc2)C1. The number of nitrogens with zero attached hydrogens (tertiary/aromatic N) is 1. The molecule has 0 saturated heterocycles. The summed E-state index contributed by atoms with van der Waals surface area (Å²) in [6, 6.07) is 9.13. The Kier molecular flexibility index (Phi) is 6.93. The quantitative estimate of drug-likeness (QED) is 0.697. The number of amides is 2. The highest BCUT2D eigenvalue weighted by molar-refractivity contribution is 5.94. The van der Waals surface area contributed by atoms with Gasteiger partial charge >= 0.3 is 0 Å². The standard InChI is InChI=1S/C22H26FN3O3/c1-14(13-27)25-21(28)16-5-3-7-19(11-16)26-22(29)17-8-9-20(24-12-17)15-4-2-6-18(23)10-15/h2,4,6,8-10,12,14,16,19,27H,3,5,7,11,13H2,1H3,(H,25,28)(H,26,29)/t14-,16?,19?/m0/s1. The van der Waals surface area contributed by atoms with Gasteiger partial charge in [0.05, 0.1) is 17.9 Å². The summed E-state index contributed by atoms with van der Waals surface area (Å²) in [5, 5.41) is 14.9. The Hall–Kier alpha value is -2.80. The van der Waals surface area contributed by atoms with E-state index in [1.165, 1.54) is 18.3 Å². The first-order chi connectivity index (χ1) is 14.0. The molecule has 7 heteroatoms. The van der Waals surface area contributed by atoms with Gasteiger partial charge in [-0.3, -0.25) is 14.6 Å². The van der Waals surface area contributed by atoms with Crippen LogP contribution < -0.4 is 10.6 Å². The summed E-state index contributed by atoms with van der Waals surface area (Å²) in [5.41, 5.74) is 1.66. The molecule has 1 aromatic heterocycles. The molecule has 2 amide bonds. The number of aliphatic hydroxyl groups excluding tert-OH is 1. The lowest BCUT2D eigenvalue weighted by Crippen LogP contribution is -2.45. The first-order valence-electron chi connectivity index (χ1n) is 9.90. The number of rotatable bonds is 6. The van der Waals surface area contributed by atoms with Crippen LogP contribution in [0, 0.1) is 11.7 Å². The zero-order valence-corrected chi connectivity index (χ0v) is 16.4. The minimum atomic E-state index is -0.338. The highest BCUT2D eigenvalue weighted by Crippen LogP contribution is 2.25. The summed E-state index contributed by atoms with van der Waals surface area (Å²) in [6.07, 6.45) is 4.50. The largest absolute Gasteiger partial charge is 0.394 e. The van der Waals surface area contributed by atoms with E-state index < -0.39 is 0 Å². The fourth-order valence-electron chi connectivity index (χ4n) is 3.58. The normalized spacial score (nSPS) is 20.0. The number of benzene rings is 1. The van der Waals surface area contributed by atoms with Gasteiger partial charge < -0.3 is 15.7 Å². The van der Waals surface area contributed by atoms with Crippen LogP contribution in [0.4, 0.5) is 4.39 Å². The van der Waals surface area contributed by atoms with E-state index in [2.05, 4.69) is 15.6 Å². The topological polar surface area (TPSA) is 91.3 Å². The number of carbonyl (C=O) groups excluding carboxylic acids is 2. The summed E-state index contributed by atoms with van der Waals surface area (Å²) in [4.78, 5) is 29.1. The van der Waals surface area contributed by atoms with Crippen molar-refractivity contribution >= 4 is 11.8 Å². The van der Waals surface area contributed by atoms with Gasteiger partial charge in [0.2, 0.25) is 5.91 Å². The Balaban J connectivity index is 1.59. The number of aromatic nitrogens is 1. The van der Waals surface area contributed by atoms with Crippen LogP contribution in [0.5, 0.6) is 0 Å². The second kappa shape index (κ2) is 9.60. The number of hydrogen-bond donors (Lipinski definition) is 3. The molecular formula is C22H26FN3O3. The van der Waals surface area contributed by atoms with Crippen LogP contribution in [-0.4, -0.2) is 40.6 Å². The fourth-order valence-corrected chi connectivity index (χ4v) is 3.58. The van der Waals surface area contributed by atoms with Crippen molar-refractivity contribution in [3.05, 3.63) is 54.0 Å². The van der Waals surface area contributed by atoms with Gasteiger partial charge in [-0.1, -0.05) is 18.6 Å². The molecule has 2 unspecified atom stereocenters. The molecule has 1 aliphatic carbocycles. The molecule has 6 nitrogen and oxygen atoms in total. The van der Waals surface area contributed by atoms with Gasteiger partial charge in [0.15, 0.2) is 0 Å². The summed E-state index contributed by atoms with van der Waals surface area (Å²) in [5.74, 6) is -0.823. The van der Waals surface area contributed by atoms with E-state index in [-0.39, 0.29) is 42.2 Å². The first-order valence-corrected chi connectivity index (χ1v) is 9.90. The summed E-state index contributed by atoms with van der Waals surface area (Å²) >= 11 is 0. The molecule has 1 heterocycles. The molecule has 3 atom stereocenters. The molecule has 0 spiro atoms. The Morgan fingerprint density at radius 3 is 2.79 bits per heavy atom. The van der Waals surface area contributed by atoms with Gasteiger partial charge in [-0.15, -0.1) is 0 Å². The predicted octanol–water partition coefficient (Wildman–Crippen LogP) is 2.67. The van der Waals surface area contributed by atoms with Gasteiger partial charge in [0.25, 0.3) is 5.91 Å². The molecule has 0 aliphatic heterocycles. The zero-order valence-electron chi connectivity index (χ0n) is 16.4. The molecule has 3 N–H and O–H groups in total. The highest BCUT2D eigenvalue weighted by atomic mass is 19.1. The Morgan fingerprint density at radius 1 is 1.28 bits per heavy atom. The van der Waals surface area contributed by atoms with Gasteiger partial charge in [0, 0.05) is 29.8 Å². The lowest BCUT2D eigenvalue weighted by Gasteiger charge is -2.29. The molecule has 1 aliphatic rings. The van der Waals surface area contributed by atoms with Crippen LogP contribution in [-0.2, 0) is 4.79 Å². The minimum Gasteiger partial charge on any atom is -0.394 e. The van der Waals surface area contributed by atoms with Crippen molar-refractivity contribution in [3.8, 4) is 11.3 Å². The number of aliphatic hydroxyl groups is 1. The van der Waals surface area contributed by atoms with Crippen LogP contribution in [0.1, 0.15) is 43.0 Å². The Bertz CT molecular complexity index is 857. The number of hydrogen-bond acceptors (Lipinski definition) is 4. The van der Waals surface area contributed by atoms with Gasteiger partial charge in [-0.2, -0.15) is 0 Å². The number of pyridine rings is 1. The predicted molar refractivity (Wildman–Crippen MR) is 108 cm³/mol.